The maximum Gasteiger partial charge on any atom is 0.334 e. The minimum Gasteiger partial charge on any atom is -0.450 e. The largest absolute Gasteiger partial charge is 0.450 e. The average molecular weight is 316 g/mol. The summed E-state index contributed by atoms with van der Waals surface area (Å²) < 4.78 is 5.50. The standard InChI is InChI=1S/C20H28O3/c1-13-6-5-7-15(3)18(21)11-9-14(2)12-19-17(10-8-13)16(4)20(22)23-19/h6,12,15,19H,5,7-11H2,1-4H3/b13-6+,14-12+/t15-,19-/m0/s1. The molecule has 1 heterocycles. The maximum absolute atomic E-state index is 12.2. The van der Waals surface area contributed by atoms with Crippen molar-refractivity contribution in [2.45, 2.75) is 72.3 Å². The van der Waals surface area contributed by atoms with Gasteiger partial charge in [-0.1, -0.05) is 24.1 Å². The first-order chi connectivity index (χ1) is 10.9. The molecule has 0 spiro atoms. The van der Waals surface area contributed by atoms with E-state index in [-0.39, 0.29) is 18.0 Å². The molecule has 2 rings (SSSR count). The van der Waals surface area contributed by atoms with Crippen molar-refractivity contribution in [3.8, 4) is 0 Å². The fourth-order valence-corrected chi connectivity index (χ4v) is 3.17. The highest BCUT2D eigenvalue weighted by Crippen LogP contribution is 2.30. The zero-order valence-corrected chi connectivity index (χ0v) is 14.8. The van der Waals surface area contributed by atoms with Crippen LogP contribution >= 0.6 is 0 Å². The molecular weight excluding hydrogens is 288 g/mol. The van der Waals surface area contributed by atoms with Gasteiger partial charge in [0.15, 0.2) is 0 Å². The van der Waals surface area contributed by atoms with Gasteiger partial charge in [-0.3, -0.25) is 4.79 Å². The molecule has 0 N–H and O–H groups in total. The minimum absolute atomic E-state index is 0.122. The molecule has 3 nitrogen and oxygen atoms in total. The molecular formula is C20H28O3. The number of rotatable bonds is 0. The summed E-state index contributed by atoms with van der Waals surface area (Å²) in [7, 11) is 0. The molecule has 0 saturated carbocycles. The highest BCUT2D eigenvalue weighted by molar-refractivity contribution is 5.92. The summed E-state index contributed by atoms with van der Waals surface area (Å²) in [6.07, 6.45) is 9.01. The van der Waals surface area contributed by atoms with Gasteiger partial charge in [0, 0.05) is 17.9 Å². The predicted octanol–water partition coefficient (Wildman–Crippen LogP) is 4.68. The van der Waals surface area contributed by atoms with Gasteiger partial charge >= 0.3 is 5.97 Å². The minimum atomic E-state index is -0.245. The van der Waals surface area contributed by atoms with E-state index < -0.39 is 0 Å². The summed E-state index contributed by atoms with van der Waals surface area (Å²) in [5.41, 5.74) is 4.29. The van der Waals surface area contributed by atoms with E-state index in [0.29, 0.717) is 12.2 Å². The topological polar surface area (TPSA) is 43.4 Å². The second-order valence-electron chi connectivity index (χ2n) is 6.98. The predicted molar refractivity (Wildman–Crippen MR) is 92.0 cm³/mol. The molecule has 126 valence electrons. The molecule has 0 amide bonds. The molecule has 2 atom stereocenters. The fourth-order valence-electron chi connectivity index (χ4n) is 3.17. The van der Waals surface area contributed by atoms with Crippen LogP contribution in [0.2, 0.25) is 0 Å². The number of fused-ring (bicyclic) bond motifs is 1. The van der Waals surface area contributed by atoms with Crippen LogP contribution in [0.3, 0.4) is 0 Å². The number of Topliss-reactive ketones (excluding diaryl/α,β-unsaturated/α-hetero) is 1. The van der Waals surface area contributed by atoms with Crippen molar-refractivity contribution in [1.29, 1.82) is 0 Å². The van der Waals surface area contributed by atoms with E-state index >= 15 is 0 Å². The van der Waals surface area contributed by atoms with Crippen LogP contribution in [0.15, 0.2) is 34.4 Å². The van der Waals surface area contributed by atoms with Crippen LogP contribution in [0.5, 0.6) is 0 Å². The van der Waals surface area contributed by atoms with Gasteiger partial charge in [-0.25, -0.2) is 4.79 Å². The highest BCUT2D eigenvalue weighted by atomic mass is 16.5. The molecule has 1 aliphatic carbocycles. The summed E-state index contributed by atoms with van der Waals surface area (Å²) in [6, 6.07) is 0. The number of ketones is 1. The number of hydrogen-bond donors (Lipinski definition) is 0. The Kier molecular flexibility index (Phi) is 5.97. The number of ether oxygens (including phenoxy) is 1. The lowest BCUT2D eigenvalue weighted by Crippen LogP contribution is -2.12. The Morgan fingerprint density at radius 1 is 1.00 bits per heavy atom. The summed E-state index contributed by atoms with van der Waals surface area (Å²) in [5, 5.41) is 0. The van der Waals surface area contributed by atoms with E-state index in [9.17, 15) is 9.59 Å². The van der Waals surface area contributed by atoms with E-state index in [4.69, 9.17) is 4.74 Å². The Labute approximate surface area is 139 Å². The Morgan fingerprint density at radius 2 is 1.70 bits per heavy atom. The second kappa shape index (κ2) is 7.76. The van der Waals surface area contributed by atoms with Crippen LogP contribution in [0, 0.1) is 5.92 Å². The van der Waals surface area contributed by atoms with Crippen molar-refractivity contribution < 1.29 is 14.3 Å². The number of hydrogen-bond acceptors (Lipinski definition) is 3. The van der Waals surface area contributed by atoms with E-state index in [1.807, 2.05) is 26.8 Å². The van der Waals surface area contributed by atoms with Crippen LogP contribution in [0.1, 0.15) is 66.2 Å². The first-order valence-corrected chi connectivity index (χ1v) is 8.64. The van der Waals surface area contributed by atoms with Gasteiger partial charge in [0.2, 0.25) is 0 Å². The zero-order valence-electron chi connectivity index (χ0n) is 14.8. The van der Waals surface area contributed by atoms with E-state index in [0.717, 1.165) is 48.8 Å². The zero-order chi connectivity index (χ0) is 17.0. The quantitative estimate of drug-likeness (QED) is 0.481. The van der Waals surface area contributed by atoms with Crippen LogP contribution in [-0.2, 0) is 14.3 Å². The molecule has 2 aliphatic rings. The summed E-state index contributed by atoms with van der Waals surface area (Å²) >= 11 is 0. The smallest absolute Gasteiger partial charge is 0.334 e. The van der Waals surface area contributed by atoms with Crippen molar-refractivity contribution in [2.75, 3.05) is 0 Å². The normalized spacial score (nSPS) is 32.3. The van der Waals surface area contributed by atoms with E-state index in [2.05, 4.69) is 13.0 Å². The lowest BCUT2D eigenvalue weighted by molar-refractivity contribution is -0.138. The Balaban J connectivity index is 2.23. The van der Waals surface area contributed by atoms with Crippen LogP contribution in [0.4, 0.5) is 0 Å². The van der Waals surface area contributed by atoms with E-state index in [1.165, 1.54) is 5.57 Å². The third-order valence-corrected chi connectivity index (χ3v) is 5.00. The summed E-state index contributed by atoms with van der Waals surface area (Å²) in [6.45, 7) is 8.03. The second-order valence-corrected chi connectivity index (χ2v) is 6.98. The summed E-state index contributed by atoms with van der Waals surface area (Å²) in [4.78, 5) is 24.1. The molecule has 3 heteroatoms. The molecule has 0 fully saturated rings. The first-order valence-electron chi connectivity index (χ1n) is 8.64. The van der Waals surface area contributed by atoms with Gasteiger partial charge in [-0.2, -0.15) is 0 Å². The SMILES string of the molecule is CC1=C2CC/C(C)=C/CC[C@H](C)C(=O)CC/C(C)=C/[C@@H]2OC1=O. The van der Waals surface area contributed by atoms with Gasteiger partial charge in [-0.15, -0.1) is 0 Å². The van der Waals surface area contributed by atoms with Gasteiger partial charge in [0.05, 0.1) is 0 Å². The average Bonchev–Trinajstić information content (AvgIpc) is 2.76. The molecule has 0 bridgehead atoms. The van der Waals surface area contributed by atoms with Crippen LogP contribution in [-0.4, -0.2) is 17.9 Å². The molecule has 0 radical (unpaired) electrons. The lowest BCUT2D eigenvalue weighted by Gasteiger charge is -2.14. The molecule has 0 aromatic heterocycles. The molecule has 0 saturated heterocycles. The van der Waals surface area contributed by atoms with Crippen molar-refractivity contribution in [3.63, 3.8) is 0 Å². The van der Waals surface area contributed by atoms with Crippen molar-refractivity contribution >= 4 is 11.8 Å². The van der Waals surface area contributed by atoms with Crippen molar-refractivity contribution in [1.82, 2.24) is 0 Å². The lowest BCUT2D eigenvalue weighted by atomic mass is 9.92. The fraction of sp³-hybridized carbons (Fsp3) is 0.600. The molecule has 23 heavy (non-hydrogen) atoms. The monoisotopic (exact) mass is 316 g/mol. The number of carbonyl (C=O) groups is 2. The van der Waals surface area contributed by atoms with Crippen molar-refractivity contribution in [3.05, 3.63) is 34.4 Å². The Hall–Kier alpha value is -1.64. The van der Waals surface area contributed by atoms with Crippen LogP contribution in [0.25, 0.3) is 0 Å². The van der Waals surface area contributed by atoms with E-state index in [1.54, 1.807) is 0 Å². The third kappa shape index (κ3) is 4.66. The molecule has 0 unspecified atom stereocenters. The highest BCUT2D eigenvalue weighted by Gasteiger charge is 2.29. The molecule has 0 aromatic rings. The van der Waals surface area contributed by atoms with Crippen molar-refractivity contribution in [2.24, 2.45) is 5.92 Å². The Morgan fingerprint density at radius 3 is 2.43 bits per heavy atom. The van der Waals surface area contributed by atoms with Gasteiger partial charge < -0.3 is 4.74 Å². The molecule has 0 aromatic carbocycles. The summed E-state index contributed by atoms with van der Waals surface area (Å²) in [5.74, 6) is 0.248. The number of allylic oxidation sites excluding steroid dienone is 3. The maximum atomic E-state index is 12.2. The van der Waals surface area contributed by atoms with Gasteiger partial charge in [-0.05, 0) is 64.5 Å². The Bertz CT molecular complexity index is 578. The first kappa shape index (κ1) is 17.7. The third-order valence-electron chi connectivity index (χ3n) is 5.00. The van der Waals surface area contributed by atoms with Gasteiger partial charge in [0.25, 0.3) is 0 Å². The molecule has 1 aliphatic heterocycles. The van der Waals surface area contributed by atoms with Crippen LogP contribution < -0.4 is 0 Å². The van der Waals surface area contributed by atoms with Gasteiger partial charge in [0.1, 0.15) is 11.9 Å². The number of esters is 1. The number of carbonyl (C=O) groups excluding carboxylic acids is 2.